The highest BCUT2D eigenvalue weighted by atomic mass is 16.5. The molecule has 0 aliphatic carbocycles. The summed E-state index contributed by atoms with van der Waals surface area (Å²) in [4.78, 5) is 85.3. The number of alkyl carbamates (subject to hydrolysis) is 1. The van der Waals surface area contributed by atoms with Crippen LogP contribution in [0.5, 0.6) is 0 Å². The van der Waals surface area contributed by atoms with Crippen molar-refractivity contribution in [2.45, 2.75) is 70.1 Å². The topological polar surface area (TPSA) is 197 Å². The summed E-state index contributed by atoms with van der Waals surface area (Å²) in [7, 11) is 5.74. The van der Waals surface area contributed by atoms with E-state index in [1.807, 2.05) is 62.4 Å². The van der Waals surface area contributed by atoms with Crippen LogP contribution in [0.2, 0.25) is 0 Å². The van der Waals surface area contributed by atoms with Gasteiger partial charge >= 0.3 is 12.2 Å². The van der Waals surface area contributed by atoms with E-state index in [1.54, 1.807) is 36.3 Å². The summed E-state index contributed by atoms with van der Waals surface area (Å²) in [5, 5.41) is 12.3. The van der Waals surface area contributed by atoms with E-state index in [1.165, 1.54) is 19.1 Å². The molecule has 4 aromatic rings. The molecule has 2 aliphatic rings. The Kier molecular flexibility index (Phi) is 12.3. The third-order valence-electron chi connectivity index (χ3n) is 10.9. The molecule has 4 heterocycles. The molecule has 2 aromatic carbocycles. The summed E-state index contributed by atoms with van der Waals surface area (Å²) in [6, 6.07) is 13.8. The summed E-state index contributed by atoms with van der Waals surface area (Å²) in [5.41, 5.74) is 5.52. The first kappa shape index (κ1) is 40.5. The van der Waals surface area contributed by atoms with Gasteiger partial charge in [0.1, 0.15) is 23.7 Å². The predicted octanol–water partition coefficient (Wildman–Crippen LogP) is 5.30. The molecule has 0 radical (unpaired) electrons. The molecule has 0 bridgehead atoms. The Labute approximate surface area is 331 Å². The molecule has 0 saturated carbocycles. The number of nitrogens with one attached hydrogen (secondary N) is 3. The second kappa shape index (κ2) is 17.3. The van der Waals surface area contributed by atoms with Crippen molar-refractivity contribution < 1.29 is 33.8 Å². The van der Waals surface area contributed by atoms with Gasteiger partial charge in [-0.3, -0.25) is 19.3 Å². The normalized spacial score (nSPS) is 17.7. The van der Waals surface area contributed by atoms with Crippen LogP contribution in [0.25, 0.3) is 33.6 Å². The van der Waals surface area contributed by atoms with Gasteiger partial charge in [0.2, 0.25) is 17.7 Å². The molecular formula is C41H51N9O7. The molecule has 302 valence electrons. The molecular weight excluding hydrogens is 731 g/mol. The zero-order valence-corrected chi connectivity index (χ0v) is 33.2. The Morgan fingerprint density at radius 3 is 1.67 bits per heavy atom. The van der Waals surface area contributed by atoms with Gasteiger partial charge in [-0.2, -0.15) is 0 Å². The maximum atomic E-state index is 13.7. The van der Waals surface area contributed by atoms with Crippen LogP contribution in [0.4, 0.5) is 9.59 Å². The lowest BCUT2D eigenvalue weighted by atomic mass is 10.0. The standard InChI is InChI=1S/C41H51N9O7/c1-24(2)35(46-40(54)57-6)39(53)50-20-8-10-32(50)37-43-23-30(45-37)28-17-13-26(14-18-28)25-11-15-27(16-12-25)29-22-42-36(44-29)31-9-7-19-49(31)38(52)33(48(5)41(55)56)21-34(51)47(3)4/h11-18,22-24,31-33,35H,7-10,19-21H2,1-6H3,(H,42,44)(H,43,45)(H,46,54)(H,55,56)/t31-,32?,33-,35-/m0/s1. The lowest BCUT2D eigenvalue weighted by Gasteiger charge is -2.32. The van der Waals surface area contributed by atoms with Gasteiger partial charge in [-0.15, -0.1) is 0 Å². The first-order valence-electron chi connectivity index (χ1n) is 19.2. The Morgan fingerprint density at radius 2 is 1.25 bits per heavy atom. The first-order valence-corrected chi connectivity index (χ1v) is 19.2. The Balaban J connectivity index is 1.11. The van der Waals surface area contributed by atoms with Crippen LogP contribution in [0.3, 0.4) is 0 Å². The summed E-state index contributed by atoms with van der Waals surface area (Å²) in [6.07, 6.45) is 4.34. The lowest BCUT2D eigenvalue weighted by Crippen LogP contribution is -2.51. The molecule has 2 aromatic heterocycles. The molecule has 4 atom stereocenters. The van der Waals surface area contributed by atoms with E-state index in [0.717, 1.165) is 57.8 Å². The Bertz CT molecular complexity index is 2080. The number of amides is 5. The van der Waals surface area contributed by atoms with Crippen LogP contribution in [-0.4, -0.2) is 128 Å². The molecule has 1 unspecified atom stereocenters. The average molecular weight is 782 g/mol. The van der Waals surface area contributed by atoms with Gasteiger partial charge in [0.15, 0.2) is 0 Å². The van der Waals surface area contributed by atoms with E-state index in [0.29, 0.717) is 31.2 Å². The van der Waals surface area contributed by atoms with Crippen molar-refractivity contribution in [3.05, 3.63) is 72.6 Å². The monoisotopic (exact) mass is 781 g/mol. The van der Waals surface area contributed by atoms with Crippen molar-refractivity contribution in [3.8, 4) is 33.6 Å². The molecule has 5 amide bonds. The molecule has 2 saturated heterocycles. The smallest absolute Gasteiger partial charge is 0.407 e. The fourth-order valence-electron chi connectivity index (χ4n) is 7.56. The zero-order chi connectivity index (χ0) is 41.0. The SMILES string of the molecule is COC(=O)N[C@H](C(=O)N1CCCC1c1ncc(-c2ccc(-c3ccc(-c4cnc([C@@H]5CCCN5C(=O)[C@H](CC(=O)N(C)C)N(C)C(=O)O)[nH]4)cc3)cc2)[nH]1)C(C)C. The van der Waals surface area contributed by atoms with Crippen molar-refractivity contribution >= 4 is 29.9 Å². The first-order chi connectivity index (χ1) is 27.3. The Morgan fingerprint density at radius 1 is 0.789 bits per heavy atom. The molecule has 0 spiro atoms. The largest absolute Gasteiger partial charge is 0.465 e. The third-order valence-corrected chi connectivity index (χ3v) is 10.9. The van der Waals surface area contributed by atoms with E-state index in [-0.39, 0.29) is 36.2 Å². The molecule has 6 rings (SSSR count). The highest BCUT2D eigenvalue weighted by Gasteiger charge is 2.40. The van der Waals surface area contributed by atoms with E-state index < -0.39 is 30.2 Å². The number of imidazole rings is 2. The van der Waals surface area contributed by atoms with Crippen molar-refractivity contribution in [2.75, 3.05) is 41.3 Å². The van der Waals surface area contributed by atoms with Crippen LogP contribution >= 0.6 is 0 Å². The van der Waals surface area contributed by atoms with Crippen molar-refractivity contribution in [3.63, 3.8) is 0 Å². The molecule has 4 N–H and O–H groups in total. The number of hydrogen-bond acceptors (Lipinski definition) is 8. The number of H-pyrrole nitrogens is 2. The maximum Gasteiger partial charge on any atom is 0.407 e. The number of ether oxygens (including phenoxy) is 1. The number of carboxylic acid groups (broad SMARTS) is 1. The van der Waals surface area contributed by atoms with Gasteiger partial charge in [0.25, 0.3) is 0 Å². The summed E-state index contributed by atoms with van der Waals surface area (Å²) in [6.45, 7) is 4.80. The summed E-state index contributed by atoms with van der Waals surface area (Å²) in [5.74, 6) is 0.288. The van der Waals surface area contributed by atoms with E-state index in [4.69, 9.17) is 4.74 Å². The van der Waals surface area contributed by atoms with Crippen LogP contribution in [-0.2, 0) is 19.1 Å². The third kappa shape index (κ3) is 8.79. The maximum absolute atomic E-state index is 13.7. The Hall–Kier alpha value is -6.19. The second-order valence-electron chi connectivity index (χ2n) is 15.2. The van der Waals surface area contributed by atoms with Gasteiger partial charge in [-0.1, -0.05) is 62.4 Å². The number of benzene rings is 2. The van der Waals surface area contributed by atoms with Crippen LogP contribution in [0.1, 0.15) is 69.7 Å². The number of carbonyl (C=O) groups is 5. The number of nitrogens with zero attached hydrogens (tertiary/aromatic N) is 6. The summed E-state index contributed by atoms with van der Waals surface area (Å²) < 4.78 is 4.75. The number of methoxy groups -OCH3 is 1. The van der Waals surface area contributed by atoms with Gasteiger partial charge < -0.3 is 39.8 Å². The number of hydrogen-bond donors (Lipinski definition) is 4. The van der Waals surface area contributed by atoms with Gasteiger partial charge in [0, 0.05) is 34.2 Å². The number of carbonyl (C=O) groups excluding carboxylic acids is 4. The van der Waals surface area contributed by atoms with Gasteiger partial charge in [-0.25, -0.2) is 19.6 Å². The minimum Gasteiger partial charge on any atom is -0.465 e. The van der Waals surface area contributed by atoms with Crippen molar-refractivity contribution in [1.82, 2.24) is 44.9 Å². The minimum atomic E-state index is -1.28. The van der Waals surface area contributed by atoms with E-state index >= 15 is 0 Å². The van der Waals surface area contributed by atoms with Gasteiger partial charge in [0.05, 0.1) is 49.4 Å². The second-order valence-corrected chi connectivity index (χ2v) is 15.2. The van der Waals surface area contributed by atoms with Crippen molar-refractivity contribution in [2.24, 2.45) is 5.92 Å². The number of aromatic nitrogens is 4. The van der Waals surface area contributed by atoms with Crippen molar-refractivity contribution in [1.29, 1.82) is 0 Å². The van der Waals surface area contributed by atoms with Crippen LogP contribution in [0, 0.1) is 5.92 Å². The highest BCUT2D eigenvalue weighted by Crippen LogP contribution is 2.35. The molecule has 2 fully saturated rings. The average Bonchev–Trinajstić information content (AvgIpc) is 4.05. The van der Waals surface area contributed by atoms with Gasteiger partial charge in [-0.05, 0) is 53.9 Å². The van der Waals surface area contributed by atoms with Crippen LogP contribution in [0.15, 0.2) is 60.9 Å². The molecule has 57 heavy (non-hydrogen) atoms. The van der Waals surface area contributed by atoms with Crippen LogP contribution < -0.4 is 5.32 Å². The number of likely N-dealkylation sites (N-methyl/N-ethyl adjacent to an activating group) is 1. The minimum absolute atomic E-state index is 0.117. The number of aromatic amines is 2. The molecule has 16 nitrogen and oxygen atoms in total. The number of rotatable bonds is 12. The molecule has 2 aliphatic heterocycles. The quantitative estimate of drug-likeness (QED) is 0.147. The highest BCUT2D eigenvalue weighted by molar-refractivity contribution is 5.91. The van der Waals surface area contributed by atoms with E-state index in [2.05, 4.69) is 25.3 Å². The predicted molar refractivity (Wildman–Crippen MR) is 211 cm³/mol. The summed E-state index contributed by atoms with van der Waals surface area (Å²) >= 11 is 0. The molecule has 16 heteroatoms. The fraction of sp³-hybridized carbons (Fsp3) is 0.439. The fourth-order valence-corrected chi connectivity index (χ4v) is 7.56. The zero-order valence-electron chi connectivity index (χ0n) is 33.2. The van der Waals surface area contributed by atoms with E-state index in [9.17, 15) is 29.1 Å². The lowest BCUT2D eigenvalue weighted by molar-refractivity contribution is -0.141. The number of likely N-dealkylation sites (tertiary alicyclic amines) is 2.